The molecule has 4 aromatic heterocycles. The molecule has 16 nitrogen and oxygen atoms in total. The van der Waals surface area contributed by atoms with E-state index in [0.29, 0.717) is 29.4 Å². The first kappa shape index (κ1) is 39.8. The number of ether oxygens (including phenoxy) is 1. The molecule has 4 aliphatic rings. The summed E-state index contributed by atoms with van der Waals surface area (Å²) in [5.41, 5.74) is 1.11. The topological polar surface area (TPSA) is 168 Å². The van der Waals surface area contributed by atoms with Crippen LogP contribution in [0.5, 0.6) is 5.75 Å². The molecule has 9 rings (SSSR count). The Morgan fingerprint density at radius 3 is 2.47 bits per heavy atom. The number of carbonyl (C=O) groups is 2. The van der Waals surface area contributed by atoms with E-state index in [2.05, 4.69) is 45.7 Å². The third-order valence-corrected chi connectivity index (χ3v) is 12.5. The highest BCUT2D eigenvalue weighted by Crippen LogP contribution is 2.39. The summed E-state index contributed by atoms with van der Waals surface area (Å²) in [6.07, 6.45) is 5.84. The zero-order chi connectivity index (χ0) is 42.0. The summed E-state index contributed by atoms with van der Waals surface area (Å²) in [5.74, 6) is -3.30. The average Bonchev–Trinajstić information content (AvgIpc) is 3.49. The van der Waals surface area contributed by atoms with E-state index in [-0.39, 0.29) is 51.7 Å². The first-order chi connectivity index (χ1) is 28.7. The van der Waals surface area contributed by atoms with Gasteiger partial charge in [0, 0.05) is 95.4 Å². The van der Waals surface area contributed by atoms with E-state index in [4.69, 9.17) is 21.3 Å². The molecule has 3 N–H and O–H groups in total. The fourth-order valence-corrected chi connectivity index (χ4v) is 8.78. The number of rotatable bonds is 7. The monoisotopic (exact) mass is 848 g/mol. The van der Waals surface area contributed by atoms with Crippen LogP contribution in [0.15, 0.2) is 35.4 Å². The number of benzene rings is 1. The number of piperidine rings is 2. The van der Waals surface area contributed by atoms with E-state index in [1.54, 1.807) is 10.9 Å². The minimum Gasteiger partial charge on any atom is -0.480 e. The molecule has 2 amide bonds. The van der Waals surface area contributed by atoms with Crippen LogP contribution in [0.25, 0.3) is 21.8 Å². The molecule has 1 unspecified atom stereocenters. The number of anilines is 5. The fraction of sp³-hybridized carbons (Fsp3) is 0.475. The molecule has 20 heteroatoms. The Kier molecular flexibility index (Phi) is 10.2. The van der Waals surface area contributed by atoms with E-state index >= 15 is 4.39 Å². The van der Waals surface area contributed by atoms with Gasteiger partial charge in [0.15, 0.2) is 12.4 Å². The van der Waals surface area contributed by atoms with Crippen molar-refractivity contribution in [3.05, 3.63) is 57.5 Å². The molecule has 0 bridgehead atoms. The highest BCUT2D eigenvalue weighted by molar-refractivity contribution is 6.33. The van der Waals surface area contributed by atoms with Gasteiger partial charge in [0.1, 0.15) is 16.7 Å². The van der Waals surface area contributed by atoms with Crippen LogP contribution in [0.2, 0.25) is 5.02 Å². The second-order valence-electron chi connectivity index (χ2n) is 16.1. The number of imide groups is 1. The fourth-order valence-electron chi connectivity index (χ4n) is 8.64. The Hall–Kier alpha value is -5.69. The van der Waals surface area contributed by atoms with E-state index in [0.717, 1.165) is 81.4 Å². The average molecular weight is 849 g/mol. The molecule has 3 saturated heterocycles. The van der Waals surface area contributed by atoms with Crippen molar-refractivity contribution < 1.29 is 27.5 Å². The van der Waals surface area contributed by atoms with Gasteiger partial charge in [-0.05, 0) is 38.2 Å². The van der Waals surface area contributed by atoms with E-state index in [1.165, 1.54) is 30.8 Å². The van der Waals surface area contributed by atoms with E-state index in [9.17, 15) is 23.2 Å². The summed E-state index contributed by atoms with van der Waals surface area (Å²) in [7, 11) is 3.29. The second-order valence-corrected chi connectivity index (χ2v) is 16.5. The third-order valence-electron chi connectivity index (χ3n) is 12.3. The van der Waals surface area contributed by atoms with E-state index < -0.39 is 35.9 Å². The lowest BCUT2D eigenvalue weighted by molar-refractivity contribution is -0.134. The number of nitrogens with one attached hydrogen (secondary N) is 3. The number of alkyl halides is 2. The summed E-state index contributed by atoms with van der Waals surface area (Å²) in [6, 6.07) is 3.26. The molecule has 4 aliphatic heterocycles. The largest absolute Gasteiger partial charge is 0.480 e. The van der Waals surface area contributed by atoms with Crippen molar-refractivity contribution in [2.75, 3.05) is 72.9 Å². The summed E-state index contributed by atoms with van der Waals surface area (Å²) in [5, 5.41) is 14.1. The van der Waals surface area contributed by atoms with E-state index in [1.807, 2.05) is 13.1 Å². The number of pyridine rings is 2. The Morgan fingerprint density at radius 1 is 0.950 bits per heavy atom. The molecule has 60 heavy (non-hydrogen) atoms. The van der Waals surface area contributed by atoms with Gasteiger partial charge in [0.25, 0.3) is 5.56 Å². The van der Waals surface area contributed by atoms with Crippen molar-refractivity contribution >= 4 is 74.2 Å². The number of hydrogen-bond donors (Lipinski definition) is 3. The van der Waals surface area contributed by atoms with Crippen LogP contribution in [0.3, 0.4) is 0 Å². The standard InChI is InChI=1S/C40H44ClF3N12O4/c1-21-40(43,44)20-60-35-34(47-21)24-14-28(27(42)15-29(24)52(2)38(35)59)48-36-26(41)18-46-39(50-36)56-8-6-22(7-9-56)19-54-10-12-55(13-11-54)31-16-30-25(17-45-31)33(51-53(30)3)23-4-5-32(57)49-37(23)58/h14-18,21-23,47H,4-13,19-20H2,1-3H3,(H,46,48,50)(H,49,57,58)/t21-,23?/m0/s1. The van der Waals surface area contributed by atoms with Crippen LogP contribution in [-0.4, -0.2) is 110 Å². The molecular weight excluding hydrogens is 805 g/mol. The van der Waals surface area contributed by atoms with Crippen LogP contribution in [-0.2, 0) is 23.7 Å². The normalized spacial score (nSPS) is 21.4. The molecule has 8 heterocycles. The SMILES string of the molecule is C[C@@H]1Nc2c(c(=O)n(C)c3cc(F)c(Nc4nc(N5CCC(CN6CCN(c7cc8c(cn7)c(C7CCC(=O)NC7=O)nn8C)CC6)CC5)ncc4Cl)cc23)OCC1(F)F. The second kappa shape index (κ2) is 15.4. The highest BCUT2D eigenvalue weighted by Gasteiger charge is 2.42. The van der Waals surface area contributed by atoms with Crippen LogP contribution in [0, 0.1) is 11.7 Å². The van der Waals surface area contributed by atoms with Gasteiger partial charge in [0.2, 0.25) is 23.5 Å². The maximum absolute atomic E-state index is 15.6. The zero-order valence-corrected chi connectivity index (χ0v) is 34.0. The number of amides is 2. The molecule has 0 aliphatic carbocycles. The van der Waals surface area contributed by atoms with Gasteiger partial charge < -0.3 is 29.7 Å². The van der Waals surface area contributed by atoms with Gasteiger partial charge in [-0.15, -0.1) is 0 Å². The number of carbonyl (C=O) groups excluding carboxylic acids is 2. The predicted molar refractivity (Wildman–Crippen MR) is 220 cm³/mol. The van der Waals surface area contributed by atoms with Crippen molar-refractivity contribution in [1.82, 2.24) is 39.5 Å². The number of hydrogen-bond acceptors (Lipinski definition) is 13. The molecule has 0 spiro atoms. The Balaban J connectivity index is 0.822. The maximum Gasteiger partial charge on any atom is 0.300 e. The van der Waals surface area contributed by atoms with Crippen molar-refractivity contribution in [3.63, 3.8) is 0 Å². The molecular formula is C40H44ClF3N12O4. The van der Waals surface area contributed by atoms with Gasteiger partial charge in [-0.1, -0.05) is 11.6 Å². The predicted octanol–water partition coefficient (Wildman–Crippen LogP) is 4.53. The summed E-state index contributed by atoms with van der Waals surface area (Å²) < 4.78 is 53.1. The number of fused-ring (bicyclic) bond motifs is 4. The smallest absolute Gasteiger partial charge is 0.300 e. The van der Waals surface area contributed by atoms with Crippen molar-refractivity contribution in [3.8, 4) is 5.75 Å². The summed E-state index contributed by atoms with van der Waals surface area (Å²) in [4.78, 5) is 58.0. The number of piperazine rings is 1. The molecule has 1 aromatic carbocycles. The van der Waals surface area contributed by atoms with Crippen molar-refractivity contribution in [1.29, 1.82) is 0 Å². The van der Waals surface area contributed by atoms with Crippen molar-refractivity contribution in [2.24, 2.45) is 20.0 Å². The number of halogens is 4. The number of aryl methyl sites for hydroxylation is 2. The molecule has 2 atom stereocenters. The molecule has 0 saturated carbocycles. The highest BCUT2D eigenvalue weighted by atomic mass is 35.5. The minimum absolute atomic E-state index is 0.0219. The summed E-state index contributed by atoms with van der Waals surface area (Å²) >= 11 is 6.51. The lowest BCUT2D eigenvalue weighted by Crippen LogP contribution is -2.49. The molecule has 0 radical (unpaired) electrons. The first-order valence-electron chi connectivity index (χ1n) is 20.1. The Morgan fingerprint density at radius 2 is 1.72 bits per heavy atom. The number of nitrogens with zero attached hydrogens (tertiary/aromatic N) is 9. The summed E-state index contributed by atoms with van der Waals surface area (Å²) in [6.45, 7) is 6.15. The Bertz CT molecular complexity index is 2590. The quantitative estimate of drug-likeness (QED) is 0.196. The van der Waals surface area contributed by atoms with Crippen LogP contribution < -0.4 is 36.0 Å². The first-order valence-corrected chi connectivity index (χ1v) is 20.4. The maximum atomic E-state index is 15.6. The van der Waals surface area contributed by atoms with Crippen LogP contribution >= 0.6 is 11.6 Å². The molecule has 316 valence electrons. The Labute approximate surface area is 347 Å². The van der Waals surface area contributed by atoms with Gasteiger partial charge in [-0.2, -0.15) is 10.1 Å². The van der Waals surface area contributed by atoms with Gasteiger partial charge in [-0.25, -0.2) is 23.1 Å². The van der Waals surface area contributed by atoms with Crippen molar-refractivity contribution in [2.45, 2.75) is 50.5 Å². The van der Waals surface area contributed by atoms with Crippen LogP contribution in [0.1, 0.15) is 44.2 Å². The van der Waals surface area contributed by atoms with Gasteiger partial charge in [-0.3, -0.25) is 29.3 Å². The molecule has 5 aromatic rings. The third kappa shape index (κ3) is 7.30. The lowest BCUT2D eigenvalue weighted by atomic mass is 9.93. The molecule has 3 fully saturated rings. The zero-order valence-electron chi connectivity index (χ0n) is 33.3. The minimum atomic E-state index is -3.25. The van der Waals surface area contributed by atoms with Gasteiger partial charge in [0.05, 0.1) is 46.3 Å². The lowest BCUT2D eigenvalue weighted by Gasteiger charge is -2.39. The van der Waals surface area contributed by atoms with Crippen LogP contribution in [0.4, 0.5) is 42.1 Å². The number of aromatic nitrogens is 6. The van der Waals surface area contributed by atoms with Gasteiger partial charge >= 0.3 is 5.92 Å².